The molecule has 0 amide bonds. The van der Waals surface area contributed by atoms with Crippen LogP contribution in [0.4, 0.5) is 0 Å². The maximum atomic E-state index is 13.9. The Morgan fingerprint density at radius 1 is 0.784 bits per heavy atom. The number of hydrogen-bond acceptors (Lipinski definition) is 5. The third-order valence-electron chi connectivity index (χ3n) is 6.85. The minimum absolute atomic E-state index is 0.104. The Labute approximate surface area is 212 Å². The van der Waals surface area contributed by atoms with Crippen LogP contribution in [0.3, 0.4) is 0 Å². The molecule has 0 aliphatic heterocycles. The van der Waals surface area contributed by atoms with Crippen molar-refractivity contribution < 1.29 is 29.3 Å². The van der Waals surface area contributed by atoms with E-state index in [1.807, 2.05) is 61.1 Å². The van der Waals surface area contributed by atoms with Crippen LogP contribution >= 0.6 is 0 Å². The lowest BCUT2D eigenvalue weighted by Crippen LogP contribution is -2.40. The molecule has 0 unspecified atom stereocenters. The third-order valence-corrected chi connectivity index (χ3v) is 6.85. The van der Waals surface area contributed by atoms with E-state index in [-0.39, 0.29) is 18.8 Å². The Balaban J connectivity index is 1.73. The van der Waals surface area contributed by atoms with Gasteiger partial charge in [0.1, 0.15) is 24.6 Å². The van der Waals surface area contributed by atoms with Gasteiger partial charge < -0.3 is 14.0 Å². The minimum Gasteiger partial charge on any atom is -0.496 e. The molecule has 0 saturated heterocycles. The maximum Gasteiger partial charge on any atom is 0.330 e. The normalized spacial score (nSPS) is 11.2. The van der Waals surface area contributed by atoms with Gasteiger partial charge in [-0.15, -0.1) is 0 Å². The molecule has 0 saturated carbocycles. The molecular weight excluding hydrogens is 474 g/mol. The van der Waals surface area contributed by atoms with E-state index >= 15 is 0 Å². The van der Waals surface area contributed by atoms with Gasteiger partial charge in [-0.05, 0) is 44.2 Å². The fourth-order valence-electron chi connectivity index (χ4n) is 4.74. The van der Waals surface area contributed by atoms with Gasteiger partial charge in [0.2, 0.25) is 12.4 Å². The molecule has 4 heterocycles. The number of methoxy groups -OCH3 is 2. The number of ether oxygens (including phenoxy) is 2. The summed E-state index contributed by atoms with van der Waals surface area (Å²) in [7, 11) is 3.13. The van der Waals surface area contributed by atoms with Crippen LogP contribution in [0.1, 0.15) is 22.5 Å². The second-order valence-corrected chi connectivity index (χ2v) is 8.82. The largest absolute Gasteiger partial charge is 0.496 e. The number of benzene rings is 1. The van der Waals surface area contributed by atoms with Gasteiger partial charge in [-0.25, -0.2) is 4.79 Å². The summed E-state index contributed by atoms with van der Waals surface area (Å²) in [6.45, 7) is 3.89. The van der Waals surface area contributed by atoms with Gasteiger partial charge in [0.25, 0.3) is 11.4 Å². The first kappa shape index (κ1) is 24.0. The Kier molecular flexibility index (Phi) is 6.08. The lowest BCUT2D eigenvalue weighted by Gasteiger charge is -2.08. The molecule has 5 aromatic rings. The van der Waals surface area contributed by atoms with E-state index in [2.05, 4.69) is 0 Å². The molecule has 37 heavy (non-hydrogen) atoms. The van der Waals surface area contributed by atoms with Gasteiger partial charge in [-0.2, -0.15) is 0 Å². The quantitative estimate of drug-likeness (QED) is 0.263. The van der Waals surface area contributed by atoms with Crippen molar-refractivity contribution in [2.45, 2.75) is 26.9 Å². The molecule has 0 spiro atoms. The summed E-state index contributed by atoms with van der Waals surface area (Å²) in [5.41, 5.74) is 4.45. The summed E-state index contributed by atoms with van der Waals surface area (Å²) in [6, 6.07) is 13.0. The van der Waals surface area contributed by atoms with E-state index in [0.29, 0.717) is 33.9 Å². The number of imidazole rings is 1. The second kappa shape index (κ2) is 9.38. The highest BCUT2D eigenvalue weighted by atomic mass is 16.5. The molecule has 0 aliphatic carbocycles. The summed E-state index contributed by atoms with van der Waals surface area (Å²) in [4.78, 5) is 13.9. The Bertz CT molecular complexity index is 1670. The van der Waals surface area contributed by atoms with Crippen LogP contribution in [0, 0.1) is 13.8 Å². The average Bonchev–Trinajstić information content (AvgIpc) is 3.51. The molecule has 4 aromatic heterocycles. The zero-order chi connectivity index (χ0) is 26.3. The van der Waals surface area contributed by atoms with Crippen molar-refractivity contribution in [3.8, 4) is 17.2 Å². The fraction of sp³-hybridized carbons (Fsp3) is 0.222. The Hall–Kier alpha value is -4.73. The molecule has 5 rings (SSSR count). The molecule has 10 heteroatoms. The number of nitrogens with zero attached hydrogens (tertiary/aromatic N) is 5. The van der Waals surface area contributed by atoms with Crippen molar-refractivity contribution in [3.05, 3.63) is 100 Å². The van der Waals surface area contributed by atoms with Gasteiger partial charge in [-0.1, -0.05) is 0 Å². The van der Waals surface area contributed by atoms with Crippen molar-refractivity contribution in [1.29, 1.82) is 0 Å². The SMILES string of the molecule is COc1cc[n+](O)c(Cn2c(=O)n(Cc3c(C)c(OC)cc[n+]3O)c3cc(-n4cccc4)ccc32)c1C. The van der Waals surface area contributed by atoms with Crippen LogP contribution in [0.25, 0.3) is 16.7 Å². The standard InChI is InChI=1S/C27H29N5O5/c1-18-23(31(34)13-9-25(18)36-3)16-29-21-8-7-20(28-11-5-6-12-28)15-22(21)30(27(29)33)17-24-19(2)26(37-4)10-14-32(24)35/h5-15,34-35H,16-17H2,1-4H3/q+2. The molecule has 10 nitrogen and oxygen atoms in total. The van der Waals surface area contributed by atoms with E-state index in [0.717, 1.165) is 26.3 Å². The first-order valence-corrected chi connectivity index (χ1v) is 11.7. The van der Waals surface area contributed by atoms with E-state index in [9.17, 15) is 15.2 Å². The number of fused-ring (bicyclic) bond motifs is 1. The van der Waals surface area contributed by atoms with Crippen LogP contribution in [0.15, 0.2) is 72.0 Å². The lowest BCUT2D eigenvalue weighted by atomic mass is 10.2. The highest BCUT2D eigenvalue weighted by molar-refractivity contribution is 5.79. The van der Waals surface area contributed by atoms with Crippen LogP contribution < -0.4 is 24.6 Å². The minimum atomic E-state index is -0.288. The maximum absolute atomic E-state index is 13.9. The smallest absolute Gasteiger partial charge is 0.330 e. The topological polar surface area (TPSA) is 98.5 Å². The van der Waals surface area contributed by atoms with Crippen LogP contribution in [-0.4, -0.2) is 38.3 Å². The summed E-state index contributed by atoms with van der Waals surface area (Å²) in [5, 5.41) is 21.2. The van der Waals surface area contributed by atoms with E-state index < -0.39 is 0 Å². The predicted octanol–water partition coefficient (Wildman–Crippen LogP) is 2.37. The summed E-state index contributed by atoms with van der Waals surface area (Å²) in [5.74, 6) is 1.22. The first-order chi connectivity index (χ1) is 17.8. The molecule has 0 aliphatic rings. The highest BCUT2D eigenvalue weighted by Crippen LogP contribution is 2.24. The van der Waals surface area contributed by atoms with Gasteiger partial charge in [0.05, 0.1) is 36.4 Å². The predicted molar refractivity (Wildman–Crippen MR) is 134 cm³/mol. The Morgan fingerprint density at radius 2 is 1.30 bits per heavy atom. The molecule has 0 fully saturated rings. The summed E-state index contributed by atoms with van der Waals surface area (Å²) < 4.78 is 18.1. The van der Waals surface area contributed by atoms with Crippen molar-refractivity contribution in [1.82, 2.24) is 13.7 Å². The first-order valence-electron chi connectivity index (χ1n) is 11.7. The molecule has 0 radical (unpaired) electrons. The van der Waals surface area contributed by atoms with Gasteiger partial charge in [0.15, 0.2) is 0 Å². The Morgan fingerprint density at radius 3 is 1.81 bits per heavy atom. The molecule has 0 atom stereocenters. The number of hydrogen-bond donors (Lipinski definition) is 2. The van der Waals surface area contributed by atoms with Crippen molar-refractivity contribution in [2.24, 2.45) is 0 Å². The van der Waals surface area contributed by atoms with E-state index in [1.54, 1.807) is 35.5 Å². The molecule has 1 aromatic carbocycles. The summed E-state index contributed by atoms with van der Waals surface area (Å²) in [6.07, 6.45) is 6.85. The lowest BCUT2D eigenvalue weighted by molar-refractivity contribution is -0.910. The van der Waals surface area contributed by atoms with Crippen LogP contribution in [0.2, 0.25) is 0 Å². The van der Waals surface area contributed by atoms with Crippen molar-refractivity contribution in [3.63, 3.8) is 0 Å². The molecule has 0 bridgehead atoms. The molecule has 2 N–H and O–H groups in total. The second-order valence-electron chi connectivity index (χ2n) is 8.82. The average molecular weight is 504 g/mol. The number of aromatic nitrogens is 5. The third kappa shape index (κ3) is 4.06. The zero-order valence-corrected chi connectivity index (χ0v) is 21.1. The molecule has 190 valence electrons. The van der Waals surface area contributed by atoms with Gasteiger partial charge in [0, 0.05) is 39.7 Å². The van der Waals surface area contributed by atoms with Crippen LogP contribution in [0.5, 0.6) is 11.5 Å². The number of pyridine rings is 2. The zero-order valence-electron chi connectivity index (χ0n) is 21.1. The highest BCUT2D eigenvalue weighted by Gasteiger charge is 2.26. The van der Waals surface area contributed by atoms with Crippen molar-refractivity contribution >= 4 is 11.0 Å². The van der Waals surface area contributed by atoms with Gasteiger partial charge in [-0.3, -0.25) is 19.5 Å². The fourth-order valence-corrected chi connectivity index (χ4v) is 4.74. The van der Waals surface area contributed by atoms with Crippen LogP contribution in [-0.2, 0) is 13.1 Å². The van der Waals surface area contributed by atoms with Gasteiger partial charge >= 0.3 is 5.69 Å². The van der Waals surface area contributed by atoms with E-state index in [4.69, 9.17) is 9.47 Å². The summed E-state index contributed by atoms with van der Waals surface area (Å²) >= 11 is 0. The molecular formula is C27H29N5O5+2. The number of rotatable bonds is 7. The van der Waals surface area contributed by atoms with E-state index in [1.165, 1.54) is 12.4 Å². The van der Waals surface area contributed by atoms with Crippen molar-refractivity contribution in [2.75, 3.05) is 14.2 Å². The monoisotopic (exact) mass is 503 g/mol.